The summed E-state index contributed by atoms with van der Waals surface area (Å²) in [5.74, 6) is -0.318. The number of aromatic nitrogens is 1. The van der Waals surface area contributed by atoms with Crippen LogP contribution in [0.25, 0.3) is 22.4 Å². The number of rotatable bonds is 12. The van der Waals surface area contributed by atoms with Gasteiger partial charge in [-0.05, 0) is 54.9 Å². The summed E-state index contributed by atoms with van der Waals surface area (Å²) >= 11 is 0. The Hall–Kier alpha value is -4.61. The Morgan fingerprint density at radius 2 is 1.91 bits per heavy atom. The number of ether oxygens (including phenoxy) is 3. The van der Waals surface area contributed by atoms with E-state index in [2.05, 4.69) is 15.0 Å². The normalized spacial score (nSPS) is 14.1. The second-order valence-electron chi connectivity index (χ2n) is 11.7. The van der Waals surface area contributed by atoms with Crippen LogP contribution in [0, 0.1) is 11.3 Å². The molecule has 10 nitrogen and oxygen atoms in total. The van der Waals surface area contributed by atoms with Crippen molar-refractivity contribution in [2.45, 2.75) is 59.3 Å². The molecule has 12 heteroatoms. The second-order valence-corrected chi connectivity index (χ2v) is 11.7. The molecular formula is C31H33F2N3O7. The summed E-state index contributed by atoms with van der Waals surface area (Å²) < 4.78 is 53.6. The van der Waals surface area contributed by atoms with E-state index in [9.17, 15) is 18.4 Å². The van der Waals surface area contributed by atoms with E-state index in [0.29, 0.717) is 23.7 Å². The van der Waals surface area contributed by atoms with Gasteiger partial charge in [0.2, 0.25) is 5.89 Å². The molecule has 0 spiro atoms. The van der Waals surface area contributed by atoms with Crippen molar-refractivity contribution in [3.63, 3.8) is 0 Å². The molecule has 228 valence electrons. The SMILES string of the molecule is CC(C)(C)C[C@H](OC(N)=O)c1oc(-c2ccc(OC(F)F)c(OCC3CC3)c2)nc1C(=O)NCc1coc2ccccc12. The van der Waals surface area contributed by atoms with Crippen molar-refractivity contribution in [2.75, 3.05) is 6.61 Å². The van der Waals surface area contributed by atoms with Gasteiger partial charge >= 0.3 is 12.7 Å². The first-order chi connectivity index (χ1) is 20.5. The molecule has 2 heterocycles. The molecule has 0 radical (unpaired) electrons. The van der Waals surface area contributed by atoms with E-state index in [1.54, 1.807) is 6.26 Å². The topological polar surface area (TPSA) is 139 Å². The standard InChI is InChI=1S/C31H33F2N3O7/c1-31(2,3)13-24(42-30(34)38)26-25(27(37)35-14-19-16-40-21-7-5-4-6-20(19)21)36-28(43-26)18-10-11-22(41-29(32)33)23(12-18)39-15-17-8-9-17/h4-7,10-12,16-17,24,29H,8-9,13-15H2,1-3H3,(H2,34,38)(H,35,37)/t24-/m0/s1. The first kappa shape index (κ1) is 29.9. The van der Waals surface area contributed by atoms with Crippen LogP contribution in [0.2, 0.25) is 0 Å². The molecule has 2 amide bonds. The number of nitrogens with two attached hydrogens (primary N) is 1. The summed E-state index contributed by atoms with van der Waals surface area (Å²) in [7, 11) is 0. The Morgan fingerprint density at radius 1 is 1.14 bits per heavy atom. The molecule has 1 saturated carbocycles. The van der Waals surface area contributed by atoms with Gasteiger partial charge in [-0.15, -0.1) is 0 Å². The van der Waals surface area contributed by atoms with Gasteiger partial charge in [-0.2, -0.15) is 8.78 Å². The molecule has 43 heavy (non-hydrogen) atoms. The van der Waals surface area contributed by atoms with Crippen molar-refractivity contribution < 1.29 is 41.4 Å². The Kier molecular flexibility index (Phi) is 8.56. The molecule has 4 aromatic rings. The number of hydrogen-bond donors (Lipinski definition) is 2. The van der Waals surface area contributed by atoms with Crippen molar-refractivity contribution in [3.8, 4) is 23.0 Å². The molecule has 1 fully saturated rings. The molecular weight excluding hydrogens is 564 g/mol. The molecule has 0 unspecified atom stereocenters. The highest BCUT2D eigenvalue weighted by Crippen LogP contribution is 2.39. The Morgan fingerprint density at radius 3 is 2.60 bits per heavy atom. The first-order valence-corrected chi connectivity index (χ1v) is 13.9. The van der Waals surface area contributed by atoms with E-state index < -0.39 is 24.7 Å². The third-order valence-electron chi connectivity index (χ3n) is 6.80. The van der Waals surface area contributed by atoms with Gasteiger partial charge in [-0.3, -0.25) is 4.79 Å². The van der Waals surface area contributed by atoms with Crippen LogP contribution in [0.4, 0.5) is 13.6 Å². The maximum Gasteiger partial charge on any atom is 0.405 e. The fourth-order valence-corrected chi connectivity index (χ4v) is 4.59. The minimum Gasteiger partial charge on any atom is -0.489 e. The molecule has 1 aliphatic carbocycles. The average molecular weight is 598 g/mol. The summed E-state index contributed by atoms with van der Waals surface area (Å²) in [6, 6.07) is 11.7. The quantitative estimate of drug-likeness (QED) is 0.178. The average Bonchev–Trinajstić information content (AvgIpc) is 3.50. The number of para-hydroxylation sites is 1. The zero-order valence-corrected chi connectivity index (χ0v) is 24.0. The van der Waals surface area contributed by atoms with Crippen molar-refractivity contribution in [1.29, 1.82) is 0 Å². The number of alkyl halides is 2. The van der Waals surface area contributed by atoms with Gasteiger partial charge in [0.15, 0.2) is 29.1 Å². The maximum atomic E-state index is 13.6. The van der Waals surface area contributed by atoms with E-state index in [0.717, 1.165) is 23.8 Å². The minimum absolute atomic E-state index is 0.00775. The fourth-order valence-electron chi connectivity index (χ4n) is 4.59. The van der Waals surface area contributed by atoms with Crippen molar-refractivity contribution in [3.05, 3.63) is 65.7 Å². The summed E-state index contributed by atoms with van der Waals surface area (Å²) in [6.07, 6.45) is 1.72. The zero-order valence-electron chi connectivity index (χ0n) is 24.0. The molecule has 2 aromatic heterocycles. The van der Waals surface area contributed by atoms with E-state index >= 15 is 0 Å². The van der Waals surface area contributed by atoms with Gasteiger partial charge in [0.25, 0.3) is 5.91 Å². The highest BCUT2D eigenvalue weighted by Gasteiger charge is 2.33. The second kappa shape index (κ2) is 12.3. The summed E-state index contributed by atoms with van der Waals surface area (Å²) in [6.45, 7) is 3.20. The lowest BCUT2D eigenvalue weighted by Gasteiger charge is -2.24. The summed E-state index contributed by atoms with van der Waals surface area (Å²) in [5, 5.41) is 3.67. The van der Waals surface area contributed by atoms with Crippen molar-refractivity contribution in [1.82, 2.24) is 10.3 Å². The van der Waals surface area contributed by atoms with Crippen molar-refractivity contribution in [2.24, 2.45) is 17.1 Å². The highest BCUT2D eigenvalue weighted by atomic mass is 19.3. The minimum atomic E-state index is -3.05. The van der Waals surface area contributed by atoms with Gasteiger partial charge in [0, 0.05) is 23.1 Å². The van der Waals surface area contributed by atoms with E-state index in [-0.39, 0.29) is 47.2 Å². The third-order valence-corrected chi connectivity index (χ3v) is 6.80. The zero-order chi connectivity index (χ0) is 30.7. The number of carbonyl (C=O) groups is 2. The fraction of sp³-hybridized carbons (Fsp3) is 0.387. The third kappa shape index (κ3) is 7.62. The Labute approximate surface area is 246 Å². The lowest BCUT2D eigenvalue weighted by Crippen LogP contribution is -2.27. The van der Waals surface area contributed by atoms with Crippen LogP contribution in [0.1, 0.15) is 67.9 Å². The van der Waals surface area contributed by atoms with E-state index in [4.69, 9.17) is 24.0 Å². The van der Waals surface area contributed by atoms with Gasteiger partial charge in [-0.1, -0.05) is 39.0 Å². The van der Waals surface area contributed by atoms with Crippen LogP contribution < -0.4 is 20.5 Å². The lowest BCUT2D eigenvalue weighted by molar-refractivity contribution is -0.0515. The Balaban J connectivity index is 1.50. The predicted octanol–water partition coefficient (Wildman–Crippen LogP) is 6.98. The summed E-state index contributed by atoms with van der Waals surface area (Å²) in [5.41, 5.74) is 6.66. The van der Waals surface area contributed by atoms with Gasteiger partial charge < -0.3 is 34.1 Å². The number of benzene rings is 2. The number of furan rings is 1. The first-order valence-electron chi connectivity index (χ1n) is 13.9. The van der Waals surface area contributed by atoms with Crippen LogP contribution in [0.5, 0.6) is 11.5 Å². The molecule has 2 aromatic carbocycles. The molecule has 0 bridgehead atoms. The van der Waals surface area contributed by atoms with Gasteiger partial charge in [0.1, 0.15) is 5.58 Å². The van der Waals surface area contributed by atoms with Crippen LogP contribution >= 0.6 is 0 Å². The number of carbonyl (C=O) groups excluding carboxylic acids is 2. The molecule has 1 aliphatic rings. The summed E-state index contributed by atoms with van der Waals surface area (Å²) in [4.78, 5) is 29.9. The van der Waals surface area contributed by atoms with Crippen LogP contribution in [0.3, 0.4) is 0 Å². The molecule has 3 N–H and O–H groups in total. The van der Waals surface area contributed by atoms with Crippen LogP contribution in [-0.2, 0) is 11.3 Å². The van der Waals surface area contributed by atoms with E-state index in [1.807, 2.05) is 45.0 Å². The molecule has 1 atom stereocenters. The Bertz CT molecular complexity index is 1600. The number of hydrogen-bond acceptors (Lipinski definition) is 8. The number of amides is 2. The van der Waals surface area contributed by atoms with Crippen molar-refractivity contribution >= 4 is 23.0 Å². The van der Waals surface area contributed by atoms with Gasteiger partial charge in [0.05, 0.1) is 12.9 Å². The number of nitrogens with one attached hydrogen (secondary N) is 1. The predicted molar refractivity (Wildman–Crippen MR) is 152 cm³/mol. The molecule has 5 rings (SSSR count). The number of nitrogens with zero attached hydrogens (tertiary/aromatic N) is 1. The maximum absolute atomic E-state index is 13.6. The van der Waals surface area contributed by atoms with Gasteiger partial charge in [-0.25, -0.2) is 9.78 Å². The molecule has 0 aliphatic heterocycles. The number of fused-ring (bicyclic) bond motifs is 1. The lowest BCUT2D eigenvalue weighted by atomic mass is 9.88. The number of primary amides is 1. The largest absolute Gasteiger partial charge is 0.489 e. The molecule has 0 saturated heterocycles. The smallest absolute Gasteiger partial charge is 0.405 e. The highest BCUT2D eigenvalue weighted by molar-refractivity contribution is 5.94. The van der Waals surface area contributed by atoms with Crippen LogP contribution in [-0.4, -0.2) is 30.2 Å². The van der Waals surface area contributed by atoms with E-state index in [1.165, 1.54) is 18.2 Å². The number of halogens is 2. The number of oxazole rings is 1. The monoisotopic (exact) mass is 597 g/mol. The van der Waals surface area contributed by atoms with Crippen LogP contribution in [0.15, 0.2) is 57.6 Å².